The number of hydrogen-bond acceptors (Lipinski definition) is 6. The van der Waals surface area contributed by atoms with Crippen LogP contribution in [0.3, 0.4) is 0 Å². The number of likely N-dealkylation sites (tertiary alicyclic amines) is 1. The molecule has 1 atom stereocenters. The topological polar surface area (TPSA) is 85.9 Å². The standard InChI is InChI=1S/C20H20N6O2S/c1-24-18-13(10-22-24)20(28)25(12-21-18)11-17(27)26-9-5-4-7-15(26)19-23-14-6-2-3-8-16(14)29-19/h2-3,6,8,10,12,15H,4-5,7,9,11H2,1H3. The van der Waals surface area contributed by atoms with Crippen molar-refractivity contribution in [1.82, 2.24) is 29.2 Å². The van der Waals surface area contributed by atoms with Crippen LogP contribution in [-0.2, 0) is 18.4 Å². The summed E-state index contributed by atoms with van der Waals surface area (Å²) in [5.74, 6) is -0.0823. The number of piperidine rings is 1. The van der Waals surface area contributed by atoms with E-state index in [1.807, 2.05) is 23.1 Å². The molecule has 0 radical (unpaired) electrons. The average Bonchev–Trinajstić information content (AvgIpc) is 3.34. The molecule has 0 spiro atoms. The van der Waals surface area contributed by atoms with E-state index in [9.17, 15) is 9.59 Å². The van der Waals surface area contributed by atoms with Crippen LogP contribution < -0.4 is 5.56 Å². The van der Waals surface area contributed by atoms with Crippen LogP contribution in [0, 0.1) is 0 Å². The Labute approximate surface area is 170 Å². The Balaban J connectivity index is 1.44. The summed E-state index contributed by atoms with van der Waals surface area (Å²) in [6.07, 6.45) is 5.84. The summed E-state index contributed by atoms with van der Waals surface area (Å²) in [5, 5.41) is 5.46. The maximum absolute atomic E-state index is 13.2. The number of para-hydroxylation sites is 1. The molecule has 1 unspecified atom stereocenters. The van der Waals surface area contributed by atoms with Gasteiger partial charge in [-0.25, -0.2) is 9.97 Å². The molecule has 0 aliphatic carbocycles. The van der Waals surface area contributed by atoms with Gasteiger partial charge in [-0.2, -0.15) is 5.10 Å². The van der Waals surface area contributed by atoms with E-state index in [1.165, 1.54) is 17.1 Å². The lowest BCUT2D eigenvalue weighted by Gasteiger charge is -2.34. The zero-order chi connectivity index (χ0) is 20.0. The van der Waals surface area contributed by atoms with Gasteiger partial charge in [-0.15, -0.1) is 11.3 Å². The zero-order valence-corrected chi connectivity index (χ0v) is 16.8. The fourth-order valence-corrected chi connectivity index (χ4v) is 5.05. The van der Waals surface area contributed by atoms with Gasteiger partial charge in [0.1, 0.15) is 23.3 Å². The van der Waals surface area contributed by atoms with E-state index in [1.54, 1.807) is 23.1 Å². The lowest BCUT2D eigenvalue weighted by atomic mass is 10.0. The molecule has 0 saturated carbocycles. The summed E-state index contributed by atoms with van der Waals surface area (Å²) >= 11 is 1.64. The maximum atomic E-state index is 13.2. The van der Waals surface area contributed by atoms with E-state index in [-0.39, 0.29) is 24.1 Å². The fraction of sp³-hybridized carbons (Fsp3) is 0.350. The number of aryl methyl sites for hydroxylation is 1. The van der Waals surface area contributed by atoms with Crippen molar-refractivity contribution in [2.24, 2.45) is 7.05 Å². The molecule has 5 rings (SSSR count). The first-order valence-corrected chi connectivity index (χ1v) is 10.5. The maximum Gasteiger partial charge on any atom is 0.264 e. The Kier molecular flexibility index (Phi) is 4.39. The first-order valence-electron chi connectivity index (χ1n) is 9.64. The van der Waals surface area contributed by atoms with Crippen LogP contribution in [0.4, 0.5) is 0 Å². The van der Waals surface area contributed by atoms with Crippen molar-refractivity contribution >= 4 is 38.5 Å². The molecule has 0 bridgehead atoms. The molecule has 1 amide bonds. The lowest BCUT2D eigenvalue weighted by molar-refractivity contribution is -0.135. The number of aromatic nitrogens is 5. The van der Waals surface area contributed by atoms with Gasteiger partial charge in [0.25, 0.3) is 5.56 Å². The van der Waals surface area contributed by atoms with Gasteiger partial charge >= 0.3 is 0 Å². The summed E-state index contributed by atoms with van der Waals surface area (Å²) in [7, 11) is 1.74. The third-order valence-corrected chi connectivity index (χ3v) is 6.58. The van der Waals surface area contributed by atoms with E-state index in [0.717, 1.165) is 34.5 Å². The largest absolute Gasteiger partial charge is 0.332 e. The Morgan fingerprint density at radius 3 is 3.00 bits per heavy atom. The molecule has 148 valence electrons. The highest BCUT2D eigenvalue weighted by Crippen LogP contribution is 2.35. The molecule has 29 heavy (non-hydrogen) atoms. The van der Waals surface area contributed by atoms with Crippen LogP contribution in [0.2, 0.25) is 0 Å². The van der Waals surface area contributed by atoms with Gasteiger partial charge in [0.15, 0.2) is 5.65 Å². The third-order valence-electron chi connectivity index (χ3n) is 5.44. The number of carbonyl (C=O) groups excluding carboxylic acids is 1. The molecule has 3 aromatic heterocycles. The van der Waals surface area contributed by atoms with Gasteiger partial charge in [-0.1, -0.05) is 12.1 Å². The highest BCUT2D eigenvalue weighted by molar-refractivity contribution is 7.18. The predicted molar refractivity (Wildman–Crippen MR) is 111 cm³/mol. The van der Waals surface area contributed by atoms with Gasteiger partial charge < -0.3 is 4.90 Å². The van der Waals surface area contributed by atoms with Crippen molar-refractivity contribution in [2.45, 2.75) is 31.8 Å². The predicted octanol–water partition coefficient (Wildman–Crippen LogP) is 2.49. The molecule has 1 aromatic carbocycles. The second-order valence-electron chi connectivity index (χ2n) is 7.30. The first-order chi connectivity index (χ1) is 14.1. The third kappa shape index (κ3) is 3.11. The van der Waals surface area contributed by atoms with E-state index in [0.29, 0.717) is 17.6 Å². The summed E-state index contributed by atoms with van der Waals surface area (Å²) in [5.41, 5.74) is 1.24. The number of thiazole rings is 1. The number of fused-ring (bicyclic) bond motifs is 2. The molecular weight excluding hydrogens is 388 g/mol. The van der Waals surface area contributed by atoms with Crippen molar-refractivity contribution in [3.05, 3.63) is 52.2 Å². The monoisotopic (exact) mass is 408 g/mol. The van der Waals surface area contributed by atoms with Crippen LogP contribution >= 0.6 is 11.3 Å². The number of benzene rings is 1. The number of nitrogens with zero attached hydrogens (tertiary/aromatic N) is 6. The number of hydrogen-bond donors (Lipinski definition) is 0. The van der Waals surface area contributed by atoms with Crippen molar-refractivity contribution in [2.75, 3.05) is 6.54 Å². The smallest absolute Gasteiger partial charge is 0.264 e. The molecule has 0 N–H and O–H groups in total. The number of amides is 1. The second kappa shape index (κ2) is 7.07. The Bertz CT molecular complexity index is 1240. The molecule has 4 heterocycles. The Hall–Kier alpha value is -3.07. The fourth-order valence-electron chi connectivity index (χ4n) is 3.94. The molecule has 1 aliphatic heterocycles. The molecule has 8 nitrogen and oxygen atoms in total. The lowest BCUT2D eigenvalue weighted by Crippen LogP contribution is -2.41. The minimum Gasteiger partial charge on any atom is -0.332 e. The van der Waals surface area contributed by atoms with E-state index >= 15 is 0 Å². The van der Waals surface area contributed by atoms with Crippen molar-refractivity contribution in [1.29, 1.82) is 0 Å². The van der Waals surface area contributed by atoms with Gasteiger partial charge in [-0.05, 0) is 31.4 Å². The Morgan fingerprint density at radius 2 is 2.14 bits per heavy atom. The van der Waals surface area contributed by atoms with Crippen molar-refractivity contribution in [3.63, 3.8) is 0 Å². The minimum atomic E-state index is -0.245. The highest BCUT2D eigenvalue weighted by Gasteiger charge is 2.30. The van der Waals surface area contributed by atoms with E-state index < -0.39 is 0 Å². The first kappa shape index (κ1) is 18.0. The van der Waals surface area contributed by atoms with Gasteiger partial charge in [0, 0.05) is 13.6 Å². The molecular formula is C20H20N6O2S. The van der Waals surface area contributed by atoms with Crippen LogP contribution in [0.1, 0.15) is 30.3 Å². The van der Waals surface area contributed by atoms with Crippen molar-refractivity contribution < 1.29 is 4.79 Å². The Morgan fingerprint density at radius 1 is 1.28 bits per heavy atom. The van der Waals surface area contributed by atoms with Gasteiger partial charge in [-0.3, -0.25) is 18.8 Å². The minimum absolute atomic E-state index is 0.0297. The summed E-state index contributed by atoms with van der Waals surface area (Å²) in [6.45, 7) is 0.648. The molecule has 1 aliphatic rings. The van der Waals surface area contributed by atoms with Gasteiger partial charge in [0.05, 0.1) is 22.5 Å². The quantitative estimate of drug-likeness (QED) is 0.520. The summed E-state index contributed by atoms with van der Waals surface area (Å²) in [4.78, 5) is 36.8. The van der Waals surface area contributed by atoms with Crippen LogP contribution in [-0.4, -0.2) is 41.7 Å². The zero-order valence-electron chi connectivity index (χ0n) is 16.0. The van der Waals surface area contributed by atoms with E-state index in [4.69, 9.17) is 4.98 Å². The number of carbonyl (C=O) groups is 1. The van der Waals surface area contributed by atoms with Crippen LogP contribution in [0.5, 0.6) is 0 Å². The summed E-state index contributed by atoms with van der Waals surface area (Å²) in [6, 6.07) is 7.99. The summed E-state index contributed by atoms with van der Waals surface area (Å²) < 4.78 is 4.05. The molecule has 1 fully saturated rings. The van der Waals surface area contributed by atoms with Crippen LogP contribution in [0.25, 0.3) is 21.3 Å². The van der Waals surface area contributed by atoms with Gasteiger partial charge in [0.2, 0.25) is 5.91 Å². The molecule has 4 aromatic rings. The van der Waals surface area contributed by atoms with Crippen molar-refractivity contribution in [3.8, 4) is 0 Å². The highest BCUT2D eigenvalue weighted by atomic mass is 32.1. The molecule has 9 heteroatoms. The average molecular weight is 408 g/mol. The normalized spacial score (nSPS) is 17.3. The van der Waals surface area contributed by atoms with Crippen LogP contribution in [0.15, 0.2) is 41.6 Å². The van der Waals surface area contributed by atoms with E-state index in [2.05, 4.69) is 16.1 Å². The number of rotatable bonds is 3. The SMILES string of the molecule is Cn1ncc2c(=O)n(CC(=O)N3CCCCC3c3nc4ccccc4s3)cnc21. The second-order valence-corrected chi connectivity index (χ2v) is 8.36. The molecule has 1 saturated heterocycles.